The highest BCUT2D eigenvalue weighted by molar-refractivity contribution is 7.47. The van der Waals surface area contributed by atoms with Gasteiger partial charge in [-0.1, -0.05) is 115 Å². The monoisotopic (exact) mass is 955 g/mol. The lowest BCUT2D eigenvalue weighted by Gasteiger charge is -2.36. The maximum absolute atomic E-state index is 14.0. The van der Waals surface area contributed by atoms with E-state index in [0.717, 1.165) is 44.5 Å². The molecule has 0 spiro atoms. The Kier molecular flexibility index (Phi) is 14.6. The topological polar surface area (TPSA) is 157 Å². The van der Waals surface area contributed by atoms with Crippen molar-refractivity contribution in [3.05, 3.63) is 185 Å². The number of rotatable bonds is 17. The first-order valence-electron chi connectivity index (χ1n) is 22.9. The Morgan fingerprint density at radius 1 is 0.710 bits per heavy atom. The van der Waals surface area contributed by atoms with E-state index in [4.69, 9.17) is 37.5 Å². The normalized spacial score (nSPS) is 19.1. The summed E-state index contributed by atoms with van der Waals surface area (Å²) in [6.07, 6.45) is -4.52. The van der Waals surface area contributed by atoms with Crippen LogP contribution in [-0.2, 0) is 45.0 Å². The molecule has 0 aromatic heterocycles. The number of benzene rings is 6. The van der Waals surface area contributed by atoms with E-state index in [2.05, 4.69) is 17.4 Å². The van der Waals surface area contributed by atoms with E-state index in [1.54, 1.807) is 66.2 Å². The van der Waals surface area contributed by atoms with Crippen LogP contribution in [0.25, 0.3) is 11.1 Å². The molecule has 0 saturated carbocycles. The minimum Gasteiger partial charge on any atom is -0.497 e. The smallest absolute Gasteiger partial charge is 0.497 e. The van der Waals surface area contributed by atoms with Crippen LogP contribution >= 0.6 is 7.82 Å². The second-order valence-electron chi connectivity index (χ2n) is 18.2. The van der Waals surface area contributed by atoms with Crippen LogP contribution < -0.4 is 19.3 Å². The van der Waals surface area contributed by atoms with E-state index in [1.165, 1.54) is 0 Å². The standard InChI is InChI=1S/C55H58NO12P/c1-35(49-46-19-13-11-17-44(46)45-18-12-14-20-47(45)49)66-53(58)56-50-36(2)65-48(34-63-52(57)54(3,4)5)51(50)68-69(59,60)67-43-27-21-37(22-28-43)33-64-55(38-15-9-8-10-16-38,39-23-29-41(61-6)30-24-39)40-25-31-42(62-7)32-26-40/h8-32,35-36,48-51H,33-34H2,1-7H3,(H,56,58)(H,59,60)/t35?,36-,48+,50?,51?/m0/s1. The number of esters is 1. The fraction of sp³-hybridized carbons (Fsp3) is 0.309. The van der Waals surface area contributed by atoms with E-state index in [9.17, 15) is 19.0 Å². The Bertz CT molecular complexity index is 2670. The summed E-state index contributed by atoms with van der Waals surface area (Å²) in [5.74, 6) is 0.683. The van der Waals surface area contributed by atoms with Gasteiger partial charge in [-0.25, -0.2) is 9.36 Å². The summed E-state index contributed by atoms with van der Waals surface area (Å²) in [4.78, 5) is 38.0. The summed E-state index contributed by atoms with van der Waals surface area (Å²) in [6.45, 7) is 8.43. The summed E-state index contributed by atoms with van der Waals surface area (Å²) in [7, 11) is -1.73. The van der Waals surface area contributed by atoms with Crippen molar-refractivity contribution < 1.29 is 56.5 Å². The lowest BCUT2D eigenvalue weighted by molar-refractivity contribution is -0.158. The first kappa shape index (κ1) is 49.0. The van der Waals surface area contributed by atoms with Gasteiger partial charge in [0.2, 0.25) is 0 Å². The second kappa shape index (κ2) is 20.6. The zero-order valence-corrected chi connectivity index (χ0v) is 40.6. The van der Waals surface area contributed by atoms with Gasteiger partial charge in [-0.15, -0.1) is 0 Å². The van der Waals surface area contributed by atoms with Crippen molar-refractivity contribution in [1.29, 1.82) is 0 Å². The van der Waals surface area contributed by atoms with Crippen molar-refractivity contribution in [3.8, 4) is 28.4 Å². The fourth-order valence-electron chi connectivity index (χ4n) is 9.11. The molecule has 69 heavy (non-hydrogen) atoms. The summed E-state index contributed by atoms with van der Waals surface area (Å²) in [5.41, 5.74) is 5.66. The molecule has 4 unspecified atom stereocenters. The van der Waals surface area contributed by atoms with Crippen molar-refractivity contribution in [2.45, 2.75) is 83.2 Å². The molecule has 13 nitrogen and oxygen atoms in total. The Morgan fingerprint density at radius 3 is 1.75 bits per heavy atom. The number of hydrogen-bond acceptors (Lipinski definition) is 11. The maximum atomic E-state index is 14.0. The van der Waals surface area contributed by atoms with Gasteiger partial charge >= 0.3 is 19.9 Å². The molecule has 14 heteroatoms. The van der Waals surface area contributed by atoms with Crippen LogP contribution in [0.3, 0.4) is 0 Å². The van der Waals surface area contributed by atoms with Gasteiger partial charge in [0.1, 0.15) is 47.8 Å². The van der Waals surface area contributed by atoms with Crippen molar-refractivity contribution in [3.63, 3.8) is 0 Å². The molecule has 0 bridgehead atoms. The number of carbonyl (C=O) groups is 2. The molecule has 1 aliphatic carbocycles. The highest BCUT2D eigenvalue weighted by Gasteiger charge is 2.49. The van der Waals surface area contributed by atoms with E-state index in [1.807, 2.05) is 122 Å². The van der Waals surface area contributed by atoms with Crippen LogP contribution in [-0.4, -0.2) is 68.2 Å². The SMILES string of the molecule is COc1ccc(C(OCc2ccc(OP(=O)(O)OC3C(NC(=O)OC(C)C4c5ccccc5-c5ccccc54)[C@H](C)O[C@@H]3COC(=O)C(C)(C)C)cc2)(c2ccccc2)c2ccc(OC)cc2)cc1. The van der Waals surface area contributed by atoms with Gasteiger partial charge in [-0.05, 0) is 116 Å². The Morgan fingerprint density at radius 2 is 1.22 bits per heavy atom. The summed E-state index contributed by atoms with van der Waals surface area (Å²) < 4.78 is 61.2. The van der Waals surface area contributed by atoms with E-state index >= 15 is 0 Å². The summed E-state index contributed by atoms with van der Waals surface area (Å²) in [6, 6.07) is 46.9. The second-order valence-corrected chi connectivity index (χ2v) is 19.6. The minimum absolute atomic E-state index is 0.0294. The molecule has 1 saturated heterocycles. The molecule has 8 rings (SSSR count). The van der Waals surface area contributed by atoms with Gasteiger partial charge < -0.3 is 38.3 Å². The molecule has 1 aliphatic heterocycles. The Hall–Kier alpha value is -6.47. The molecule has 6 atom stereocenters. The predicted octanol–water partition coefficient (Wildman–Crippen LogP) is 10.7. The number of ether oxygens (including phenoxy) is 6. The average molecular weight is 956 g/mol. The third kappa shape index (κ3) is 10.7. The summed E-state index contributed by atoms with van der Waals surface area (Å²) in [5, 5.41) is 2.83. The predicted molar refractivity (Wildman–Crippen MR) is 260 cm³/mol. The molecular formula is C55H58NO12P. The third-order valence-corrected chi connectivity index (χ3v) is 13.5. The number of phosphoric acid groups is 1. The van der Waals surface area contributed by atoms with Crippen LogP contribution in [0, 0.1) is 5.41 Å². The maximum Gasteiger partial charge on any atom is 0.527 e. The number of methoxy groups -OCH3 is 2. The number of amides is 1. The number of phosphoric ester groups is 1. The van der Waals surface area contributed by atoms with Gasteiger partial charge in [-0.2, -0.15) is 0 Å². The quantitative estimate of drug-likeness (QED) is 0.0507. The van der Waals surface area contributed by atoms with Gasteiger partial charge in [-0.3, -0.25) is 14.2 Å². The zero-order chi connectivity index (χ0) is 48.9. The van der Waals surface area contributed by atoms with Crippen LogP contribution in [0.4, 0.5) is 4.79 Å². The minimum atomic E-state index is -4.96. The van der Waals surface area contributed by atoms with E-state index in [-0.39, 0.29) is 24.9 Å². The van der Waals surface area contributed by atoms with Crippen molar-refractivity contribution in [2.24, 2.45) is 5.41 Å². The number of alkyl carbamates (subject to hydrolysis) is 1. The molecule has 6 aromatic rings. The first-order chi connectivity index (χ1) is 33.1. The average Bonchev–Trinajstić information content (AvgIpc) is 3.83. The molecule has 6 aromatic carbocycles. The van der Waals surface area contributed by atoms with Crippen LogP contribution in [0.1, 0.15) is 73.9 Å². The van der Waals surface area contributed by atoms with Gasteiger partial charge in [0.15, 0.2) is 0 Å². The van der Waals surface area contributed by atoms with Crippen LogP contribution in [0.2, 0.25) is 0 Å². The molecular weight excluding hydrogens is 898 g/mol. The molecule has 1 amide bonds. The van der Waals surface area contributed by atoms with Crippen molar-refractivity contribution >= 4 is 19.9 Å². The summed E-state index contributed by atoms with van der Waals surface area (Å²) >= 11 is 0. The van der Waals surface area contributed by atoms with Crippen molar-refractivity contribution in [2.75, 3.05) is 20.8 Å². The third-order valence-electron chi connectivity index (χ3n) is 12.6. The van der Waals surface area contributed by atoms with Crippen LogP contribution in [0.15, 0.2) is 152 Å². The number of fused-ring (bicyclic) bond motifs is 3. The highest BCUT2D eigenvalue weighted by atomic mass is 31.2. The van der Waals surface area contributed by atoms with Crippen LogP contribution in [0.5, 0.6) is 17.2 Å². The largest absolute Gasteiger partial charge is 0.527 e. The van der Waals surface area contributed by atoms with Crippen molar-refractivity contribution in [1.82, 2.24) is 5.32 Å². The number of hydrogen-bond donors (Lipinski definition) is 2. The fourth-order valence-corrected chi connectivity index (χ4v) is 10.1. The lowest BCUT2D eigenvalue weighted by Crippen LogP contribution is -2.49. The Labute approximate surface area is 403 Å². The Balaban J connectivity index is 0.995. The molecule has 1 heterocycles. The molecule has 2 N–H and O–H groups in total. The molecule has 2 aliphatic rings. The van der Waals surface area contributed by atoms with E-state index < -0.39 is 61.4 Å². The number of nitrogens with one attached hydrogen (secondary N) is 1. The first-order valence-corrected chi connectivity index (χ1v) is 24.4. The molecule has 0 radical (unpaired) electrons. The van der Waals surface area contributed by atoms with Gasteiger partial charge in [0.25, 0.3) is 0 Å². The number of carbonyl (C=O) groups excluding carboxylic acids is 2. The lowest BCUT2D eigenvalue weighted by atomic mass is 9.80. The van der Waals surface area contributed by atoms with Gasteiger partial charge in [0, 0.05) is 5.92 Å². The van der Waals surface area contributed by atoms with Gasteiger partial charge in [0.05, 0.1) is 38.4 Å². The zero-order valence-electron chi connectivity index (χ0n) is 39.7. The molecule has 360 valence electrons. The highest BCUT2D eigenvalue weighted by Crippen LogP contribution is 2.49. The molecule has 1 fully saturated rings. The van der Waals surface area contributed by atoms with E-state index in [0.29, 0.717) is 11.5 Å².